The van der Waals surface area contributed by atoms with Crippen molar-refractivity contribution in [3.05, 3.63) is 45.4 Å². The van der Waals surface area contributed by atoms with Crippen LogP contribution in [-0.4, -0.2) is 18.0 Å². The highest BCUT2D eigenvalue weighted by molar-refractivity contribution is 7.09. The van der Waals surface area contributed by atoms with Crippen molar-refractivity contribution < 1.29 is 9.53 Å². The Labute approximate surface area is 122 Å². The number of ether oxygens (including phenoxy) is 1. The molecule has 1 aromatic carbocycles. The van der Waals surface area contributed by atoms with Crippen LogP contribution in [0, 0.1) is 13.8 Å². The number of amides is 1. The number of methoxy groups -OCH3 is 1. The Hall–Kier alpha value is -1.72. The molecule has 0 spiro atoms. The first-order valence-corrected chi connectivity index (χ1v) is 7.26. The van der Waals surface area contributed by atoms with Crippen molar-refractivity contribution in [1.82, 2.24) is 4.98 Å². The molecule has 0 saturated heterocycles. The highest BCUT2D eigenvalue weighted by atomic mass is 32.1. The molecule has 5 heteroatoms. The van der Waals surface area contributed by atoms with E-state index in [0.717, 1.165) is 22.0 Å². The van der Waals surface area contributed by atoms with Gasteiger partial charge in [-0.15, -0.1) is 11.3 Å². The van der Waals surface area contributed by atoms with Gasteiger partial charge >= 0.3 is 0 Å². The van der Waals surface area contributed by atoms with Crippen LogP contribution in [0.25, 0.3) is 0 Å². The van der Waals surface area contributed by atoms with E-state index >= 15 is 0 Å². The van der Waals surface area contributed by atoms with Gasteiger partial charge in [-0.25, -0.2) is 4.98 Å². The zero-order valence-electron chi connectivity index (χ0n) is 11.9. The molecule has 1 N–H and O–H groups in total. The van der Waals surface area contributed by atoms with Gasteiger partial charge in [-0.05, 0) is 31.0 Å². The first kappa shape index (κ1) is 14.7. The Kier molecular flexibility index (Phi) is 4.87. The minimum absolute atomic E-state index is 0.0482. The maximum atomic E-state index is 12.0. The van der Waals surface area contributed by atoms with E-state index in [9.17, 15) is 4.79 Å². The number of nitrogens with one attached hydrogen (secondary N) is 1. The van der Waals surface area contributed by atoms with E-state index in [2.05, 4.69) is 10.3 Å². The molecule has 4 nitrogen and oxygen atoms in total. The molecule has 1 aromatic heterocycles. The molecule has 1 heterocycles. The smallest absolute Gasteiger partial charge is 0.230 e. The molecule has 0 aliphatic heterocycles. The third kappa shape index (κ3) is 3.65. The van der Waals surface area contributed by atoms with Crippen LogP contribution in [0.4, 0.5) is 5.69 Å². The fraction of sp³-hybridized carbons (Fsp3) is 0.333. The van der Waals surface area contributed by atoms with Crippen molar-refractivity contribution in [2.75, 3.05) is 12.4 Å². The van der Waals surface area contributed by atoms with Gasteiger partial charge in [0.2, 0.25) is 5.91 Å². The Morgan fingerprint density at radius 1 is 1.40 bits per heavy atom. The zero-order chi connectivity index (χ0) is 14.5. The summed E-state index contributed by atoms with van der Waals surface area (Å²) in [4.78, 5) is 16.4. The third-order valence-corrected chi connectivity index (χ3v) is 3.96. The molecular formula is C15H18N2O2S. The van der Waals surface area contributed by atoms with Gasteiger partial charge in [0.1, 0.15) is 5.01 Å². The van der Waals surface area contributed by atoms with Crippen LogP contribution in [-0.2, 0) is 22.6 Å². The Balaban J connectivity index is 1.99. The summed E-state index contributed by atoms with van der Waals surface area (Å²) >= 11 is 1.51. The van der Waals surface area contributed by atoms with Crippen LogP contribution in [0.1, 0.15) is 21.8 Å². The highest BCUT2D eigenvalue weighted by Crippen LogP contribution is 2.18. The molecule has 0 saturated carbocycles. The molecule has 20 heavy (non-hydrogen) atoms. The lowest BCUT2D eigenvalue weighted by molar-refractivity contribution is -0.115. The van der Waals surface area contributed by atoms with Crippen molar-refractivity contribution >= 4 is 22.9 Å². The molecule has 0 radical (unpaired) electrons. The Morgan fingerprint density at radius 3 is 2.95 bits per heavy atom. The number of thiazole rings is 1. The first-order valence-electron chi connectivity index (χ1n) is 6.38. The van der Waals surface area contributed by atoms with Gasteiger partial charge in [-0.1, -0.05) is 12.1 Å². The molecule has 0 unspecified atom stereocenters. The second-order valence-electron chi connectivity index (χ2n) is 4.64. The number of anilines is 1. The summed E-state index contributed by atoms with van der Waals surface area (Å²) in [5, 5.41) is 5.73. The number of carbonyl (C=O) groups excluding carboxylic acids is 1. The normalized spacial score (nSPS) is 10.6. The Bertz CT molecular complexity index is 608. The average molecular weight is 290 g/mol. The molecule has 0 aliphatic rings. The second kappa shape index (κ2) is 6.63. The molecule has 0 aliphatic carbocycles. The van der Waals surface area contributed by atoms with Gasteiger partial charge in [0, 0.05) is 18.2 Å². The monoisotopic (exact) mass is 290 g/mol. The van der Waals surface area contributed by atoms with Crippen LogP contribution in [0.2, 0.25) is 0 Å². The average Bonchev–Trinajstić information content (AvgIpc) is 2.83. The molecule has 2 rings (SSSR count). The van der Waals surface area contributed by atoms with Crippen LogP contribution in [0.3, 0.4) is 0 Å². The minimum Gasteiger partial charge on any atom is -0.378 e. The van der Waals surface area contributed by atoms with Gasteiger partial charge in [0.25, 0.3) is 0 Å². The Morgan fingerprint density at radius 2 is 2.20 bits per heavy atom. The predicted molar refractivity (Wildman–Crippen MR) is 81.1 cm³/mol. The number of hydrogen-bond acceptors (Lipinski definition) is 4. The summed E-state index contributed by atoms with van der Waals surface area (Å²) in [6.45, 7) is 4.52. The van der Waals surface area contributed by atoms with Crippen LogP contribution < -0.4 is 5.32 Å². The van der Waals surface area contributed by atoms with E-state index in [1.165, 1.54) is 16.9 Å². The summed E-state index contributed by atoms with van der Waals surface area (Å²) in [5.74, 6) is -0.0482. The fourth-order valence-corrected chi connectivity index (χ4v) is 2.63. The number of benzene rings is 1. The number of nitrogens with zero attached hydrogens (tertiary/aromatic N) is 1. The SMILES string of the molecule is COCc1nc(CC(=O)Nc2cccc(C)c2C)cs1. The molecule has 0 atom stereocenters. The van der Waals surface area contributed by atoms with Crippen molar-refractivity contribution in [2.24, 2.45) is 0 Å². The maximum absolute atomic E-state index is 12.0. The molecule has 1 amide bonds. The molecular weight excluding hydrogens is 272 g/mol. The van der Waals surface area contributed by atoms with E-state index < -0.39 is 0 Å². The number of hydrogen-bond donors (Lipinski definition) is 1. The van der Waals surface area contributed by atoms with Crippen molar-refractivity contribution in [2.45, 2.75) is 26.9 Å². The van der Waals surface area contributed by atoms with Crippen molar-refractivity contribution in [3.63, 3.8) is 0 Å². The van der Waals surface area contributed by atoms with Crippen molar-refractivity contribution in [3.8, 4) is 0 Å². The van der Waals surface area contributed by atoms with Crippen LogP contribution in [0.15, 0.2) is 23.6 Å². The number of rotatable bonds is 5. The molecule has 2 aromatic rings. The third-order valence-electron chi connectivity index (χ3n) is 3.09. The zero-order valence-corrected chi connectivity index (χ0v) is 12.7. The summed E-state index contributed by atoms with van der Waals surface area (Å²) in [7, 11) is 1.63. The topological polar surface area (TPSA) is 51.2 Å². The van der Waals surface area contributed by atoms with E-state index in [4.69, 9.17) is 4.74 Å². The van der Waals surface area contributed by atoms with E-state index in [0.29, 0.717) is 6.61 Å². The van der Waals surface area contributed by atoms with Crippen LogP contribution in [0.5, 0.6) is 0 Å². The number of carbonyl (C=O) groups is 1. The number of aryl methyl sites for hydroxylation is 1. The van der Waals surface area contributed by atoms with Gasteiger partial charge < -0.3 is 10.1 Å². The summed E-state index contributed by atoms with van der Waals surface area (Å²) in [6.07, 6.45) is 0.285. The highest BCUT2D eigenvalue weighted by Gasteiger charge is 2.09. The minimum atomic E-state index is -0.0482. The predicted octanol–water partition coefficient (Wildman–Crippen LogP) is 3.09. The lowest BCUT2D eigenvalue weighted by atomic mass is 10.1. The van der Waals surface area contributed by atoms with Gasteiger partial charge in [0.05, 0.1) is 18.7 Å². The van der Waals surface area contributed by atoms with Gasteiger partial charge in [-0.2, -0.15) is 0 Å². The number of aromatic nitrogens is 1. The molecule has 106 valence electrons. The molecule has 0 fully saturated rings. The van der Waals surface area contributed by atoms with Gasteiger partial charge in [-0.3, -0.25) is 4.79 Å². The lowest BCUT2D eigenvalue weighted by Gasteiger charge is -2.09. The van der Waals surface area contributed by atoms with E-state index in [1.807, 2.05) is 37.4 Å². The quantitative estimate of drug-likeness (QED) is 0.920. The fourth-order valence-electron chi connectivity index (χ4n) is 1.87. The summed E-state index contributed by atoms with van der Waals surface area (Å²) in [6, 6.07) is 5.89. The summed E-state index contributed by atoms with van der Waals surface area (Å²) in [5.41, 5.74) is 3.91. The largest absolute Gasteiger partial charge is 0.378 e. The first-order chi connectivity index (χ1) is 9.60. The van der Waals surface area contributed by atoms with E-state index in [1.54, 1.807) is 7.11 Å². The van der Waals surface area contributed by atoms with E-state index in [-0.39, 0.29) is 12.3 Å². The summed E-state index contributed by atoms with van der Waals surface area (Å²) < 4.78 is 5.02. The maximum Gasteiger partial charge on any atom is 0.230 e. The van der Waals surface area contributed by atoms with Crippen LogP contribution >= 0.6 is 11.3 Å². The van der Waals surface area contributed by atoms with Gasteiger partial charge in [0.15, 0.2) is 0 Å². The molecule has 0 bridgehead atoms. The van der Waals surface area contributed by atoms with Crippen molar-refractivity contribution in [1.29, 1.82) is 0 Å². The second-order valence-corrected chi connectivity index (χ2v) is 5.58. The standard InChI is InChI=1S/C15H18N2O2S/c1-10-5-4-6-13(11(10)2)17-14(18)7-12-9-20-15(16-12)8-19-3/h4-6,9H,7-8H2,1-3H3,(H,17,18). The lowest BCUT2D eigenvalue weighted by Crippen LogP contribution is -2.15.